The molecule has 0 saturated carbocycles. The third kappa shape index (κ3) is 6.54. The van der Waals surface area contributed by atoms with Gasteiger partial charge in [0.25, 0.3) is 0 Å². The van der Waals surface area contributed by atoms with Crippen LogP contribution in [0.3, 0.4) is 0 Å². The molecule has 0 aliphatic rings. The van der Waals surface area contributed by atoms with E-state index in [9.17, 15) is 0 Å². The normalized spacial score (nSPS) is 12.9. The fraction of sp³-hybridized carbons (Fsp3) is 0.562. The summed E-state index contributed by atoms with van der Waals surface area (Å²) in [6, 6.07) is 5.80. The maximum Gasteiger partial charge on any atom is 0.191 e. The first-order chi connectivity index (χ1) is 10.6. The van der Waals surface area contributed by atoms with Gasteiger partial charge < -0.3 is 20.1 Å². The number of hydrogen-bond donors (Lipinski definition) is 2. The van der Waals surface area contributed by atoms with Crippen LogP contribution in [0.15, 0.2) is 23.2 Å². The van der Waals surface area contributed by atoms with Crippen LogP contribution >= 0.6 is 11.6 Å². The topological polar surface area (TPSA) is 54.9 Å². The summed E-state index contributed by atoms with van der Waals surface area (Å²) < 4.78 is 10.7. The highest BCUT2D eigenvalue weighted by molar-refractivity contribution is 6.30. The molecule has 0 spiro atoms. The summed E-state index contributed by atoms with van der Waals surface area (Å²) in [6.07, 6.45) is 0. The maximum absolute atomic E-state index is 6.01. The van der Waals surface area contributed by atoms with Crippen molar-refractivity contribution in [3.63, 3.8) is 0 Å². The minimum atomic E-state index is 0.180. The molecule has 0 aliphatic heterocycles. The van der Waals surface area contributed by atoms with E-state index >= 15 is 0 Å². The zero-order valence-corrected chi connectivity index (χ0v) is 14.5. The fourth-order valence-corrected chi connectivity index (χ4v) is 2.12. The van der Waals surface area contributed by atoms with Gasteiger partial charge in [0.15, 0.2) is 5.96 Å². The third-order valence-electron chi connectivity index (χ3n) is 2.88. The van der Waals surface area contributed by atoms with E-state index in [0.29, 0.717) is 24.8 Å². The van der Waals surface area contributed by atoms with Crippen molar-refractivity contribution in [2.24, 2.45) is 4.99 Å². The second kappa shape index (κ2) is 10.3. The summed E-state index contributed by atoms with van der Waals surface area (Å²) in [7, 11) is 1.68. The molecule has 1 aromatic carbocycles. The van der Waals surface area contributed by atoms with Crippen LogP contribution in [0.5, 0.6) is 5.75 Å². The van der Waals surface area contributed by atoms with Crippen molar-refractivity contribution in [1.82, 2.24) is 10.6 Å². The Bertz CT molecular complexity index is 480. The third-order valence-corrected chi connectivity index (χ3v) is 3.12. The van der Waals surface area contributed by atoms with Crippen molar-refractivity contribution in [3.05, 3.63) is 28.8 Å². The molecule has 0 bridgehead atoms. The average molecular weight is 328 g/mol. The number of ether oxygens (including phenoxy) is 2. The zero-order chi connectivity index (χ0) is 16.4. The van der Waals surface area contributed by atoms with Gasteiger partial charge in [0.2, 0.25) is 0 Å². The number of benzene rings is 1. The van der Waals surface area contributed by atoms with E-state index in [1.54, 1.807) is 7.11 Å². The van der Waals surface area contributed by atoms with E-state index in [1.165, 1.54) is 0 Å². The van der Waals surface area contributed by atoms with Gasteiger partial charge >= 0.3 is 0 Å². The molecule has 1 aromatic rings. The minimum Gasteiger partial charge on any atom is -0.493 e. The van der Waals surface area contributed by atoms with Crippen LogP contribution in [-0.2, 0) is 11.3 Å². The molecule has 0 amide bonds. The van der Waals surface area contributed by atoms with E-state index < -0.39 is 0 Å². The van der Waals surface area contributed by atoms with E-state index in [0.717, 1.165) is 23.8 Å². The molecular weight excluding hydrogens is 302 g/mol. The van der Waals surface area contributed by atoms with E-state index in [1.807, 2.05) is 39.0 Å². The van der Waals surface area contributed by atoms with Crippen LogP contribution in [0.1, 0.15) is 26.3 Å². The van der Waals surface area contributed by atoms with Gasteiger partial charge in [0, 0.05) is 30.3 Å². The largest absolute Gasteiger partial charge is 0.493 e. The Morgan fingerprint density at radius 2 is 2.14 bits per heavy atom. The molecule has 0 fully saturated rings. The number of nitrogens with one attached hydrogen (secondary N) is 2. The van der Waals surface area contributed by atoms with Crippen molar-refractivity contribution >= 4 is 17.6 Å². The summed E-state index contributed by atoms with van der Waals surface area (Å²) in [5.41, 5.74) is 1.00. The number of rotatable bonds is 8. The first kappa shape index (κ1) is 18.6. The molecule has 0 aliphatic carbocycles. The van der Waals surface area contributed by atoms with Gasteiger partial charge in [-0.15, -0.1) is 0 Å². The molecular formula is C16H26ClN3O2. The van der Waals surface area contributed by atoms with Crippen molar-refractivity contribution < 1.29 is 9.47 Å². The van der Waals surface area contributed by atoms with Gasteiger partial charge in [-0.05, 0) is 32.9 Å². The summed E-state index contributed by atoms with van der Waals surface area (Å²) >= 11 is 6.01. The van der Waals surface area contributed by atoms with Crippen LogP contribution in [-0.4, -0.2) is 38.9 Å². The molecule has 6 heteroatoms. The predicted molar refractivity (Wildman–Crippen MR) is 91.9 cm³/mol. The van der Waals surface area contributed by atoms with Crippen molar-refractivity contribution in [3.8, 4) is 5.75 Å². The Hall–Kier alpha value is -1.46. The predicted octanol–water partition coefficient (Wildman–Crippen LogP) is 2.83. The zero-order valence-electron chi connectivity index (χ0n) is 13.8. The highest BCUT2D eigenvalue weighted by Gasteiger charge is 2.07. The molecule has 5 nitrogen and oxygen atoms in total. The summed E-state index contributed by atoms with van der Waals surface area (Å²) in [6.45, 7) is 8.56. The number of halogens is 1. The number of nitrogens with zero attached hydrogens (tertiary/aromatic N) is 1. The van der Waals surface area contributed by atoms with Crippen molar-refractivity contribution in [2.75, 3.05) is 26.9 Å². The highest BCUT2D eigenvalue weighted by atomic mass is 35.5. The van der Waals surface area contributed by atoms with Gasteiger partial charge in [0.1, 0.15) is 5.75 Å². The SMILES string of the molecule is CCNC(=NCc1ccc(Cl)cc1OCC)NC(C)COC. The lowest BCUT2D eigenvalue weighted by atomic mass is 10.2. The van der Waals surface area contributed by atoms with E-state index in [2.05, 4.69) is 15.6 Å². The maximum atomic E-state index is 6.01. The number of hydrogen-bond acceptors (Lipinski definition) is 3. The monoisotopic (exact) mass is 327 g/mol. The quantitative estimate of drug-likeness (QED) is 0.569. The average Bonchev–Trinajstić information content (AvgIpc) is 2.47. The standard InChI is InChI=1S/C16H26ClN3O2/c1-5-18-16(20-12(3)11-21-4)19-10-13-7-8-14(17)9-15(13)22-6-2/h7-9,12H,5-6,10-11H2,1-4H3,(H2,18,19,20). The van der Waals surface area contributed by atoms with Crippen LogP contribution in [0.2, 0.25) is 5.02 Å². The molecule has 0 saturated heterocycles. The molecule has 124 valence electrons. The number of guanidine groups is 1. The molecule has 22 heavy (non-hydrogen) atoms. The van der Waals surface area contributed by atoms with Crippen LogP contribution in [0.25, 0.3) is 0 Å². The smallest absolute Gasteiger partial charge is 0.191 e. The Kier molecular flexibility index (Phi) is 8.70. The number of aliphatic imine (C=N–C) groups is 1. The van der Waals surface area contributed by atoms with Crippen LogP contribution in [0, 0.1) is 0 Å². The van der Waals surface area contributed by atoms with Gasteiger partial charge in [-0.3, -0.25) is 0 Å². The molecule has 1 rings (SSSR count). The van der Waals surface area contributed by atoms with E-state index in [-0.39, 0.29) is 6.04 Å². The van der Waals surface area contributed by atoms with E-state index in [4.69, 9.17) is 21.1 Å². The molecule has 2 N–H and O–H groups in total. The van der Waals surface area contributed by atoms with Crippen molar-refractivity contribution in [1.29, 1.82) is 0 Å². The lowest BCUT2D eigenvalue weighted by Gasteiger charge is -2.17. The molecule has 0 radical (unpaired) electrons. The first-order valence-electron chi connectivity index (χ1n) is 7.55. The molecule has 1 unspecified atom stereocenters. The van der Waals surface area contributed by atoms with Crippen LogP contribution in [0.4, 0.5) is 0 Å². The van der Waals surface area contributed by atoms with Gasteiger partial charge in [-0.2, -0.15) is 0 Å². The summed E-state index contributed by atoms with van der Waals surface area (Å²) in [5, 5.41) is 7.18. The highest BCUT2D eigenvalue weighted by Crippen LogP contribution is 2.24. The fourth-order valence-electron chi connectivity index (χ4n) is 1.96. The van der Waals surface area contributed by atoms with Gasteiger partial charge in [0.05, 0.1) is 19.8 Å². The second-order valence-corrected chi connectivity index (χ2v) is 5.32. The van der Waals surface area contributed by atoms with Crippen molar-refractivity contribution in [2.45, 2.75) is 33.4 Å². The summed E-state index contributed by atoms with van der Waals surface area (Å²) in [5.74, 6) is 1.53. The Balaban J connectivity index is 2.80. The summed E-state index contributed by atoms with van der Waals surface area (Å²) in [4.78, 5) is 4.59. The van der Waals surface area contributed by atoms with Gasteiger partial charge in [-0.25, -0.2) is 4.99 Å². The van der Waals surface area contributed by atoms with Gasteiger partial charge in [-0.1, -0.05) is 17.7 Å². The Morgan fingerprint density at radius 3 is 2.77 bits per heavy atom. The number of methoxy groups -OCH3 is 1. The minimum absolute atomic E-state index is 0.180. The Labute approximate surface area is 138 Å². The molecule has 0 heterocycles. The molecule has 0 aromatic heterocycles. The lowest BCUT2D eigenvalue weighted by Crippen LogP contribution is -2.43. The first-order valence-corrected chi connectivity index (χ1v) is 7.93. The van der Waals surface area contributed by atoms with Crippen LogP contribution < -0.4 is 15.4 Å². The molecule has 1 atom stereocenters. The lowest BCUT2D eigenvalue weighted by molar-refractivity contribution is 0.179. The second-order valence-electron chi connectivity index (χ2n) is 4.88. The Morgan fingerprint density at radius 1 is 1.36 bits per heavy atom.